The summed E-state index contributed by atoms with van der Waals surface area (Å²) in [6.07, 6.45) is 8.28. The summed E-state index contributed by atoms with van der Waals surface area (Å²) >= 11 is 1.71. The highest BCUT2D eigenvalue weighted by atomic mass is 32.2. The summed E-state index contributed by atoms with van der Waals surface area (Å²) in [6.45, 7) is 0.917. The summed E-state index contributed by atoms with van der Waals surface area (Å²) in [5, 5.41) is 2.00. The van der Waals surface area contributed by atoms with Crippen LogP contribution in [0.1, 0.15) is 18.4 Å². The molecule has 1 heterocycles. The predicted octanol–water partition coefficient (Wildman–Crippen LogP) is 3.04. The van der Waals surface area contributed by atoms with E-state index >= 15 is 0 Å². The average Bonchev–Trinajstić information content (AvgIpc) is 3.37. The van der Waals surface area contributed by atoms with Gasteiger partial charge >= 0.3 is 5.97 Å². The van der Waals surface area contributed by atoms with Gasteiger partial charge in [-0.1, -0.05) is 12.1 Å². The van der Waals surface area contributed by atoms with Crippen LogP contribution in [0.2, 0.25) is 0 Å². The SMILES string of the molecule is COC(=O)C1=CN(CC2CC2)NC(c2ccc(SC)cc2)=C1. The van der Waals surface area contributed by atoms with Crippen molar-refractivity contribution < 1.29 is 9.53 Å². The van der Waals surface area contributed by atoms with Crippen LogP contribution in [0, 0.1) is 5.92 Å². The molecule has 116 valence electrons. The number of rotatable bonds is 5. The molecule has 1 saturated carbocycles. The van der Waals surface area contributed by atoms with Gasteiger partial charge in [0.05, 0.1) is 18.4 Å². The maximum atomic E-state index is 11.9. The highest BCUT2D eigenvalue weighted by Crippen LogP contribution is 2.31. The number of esters is 1. The summed E-state index contributed by atoms with van der Waals surface area (Å²) in [7, 11) is 1.41. The number of hydrogen-bond acceptors (Lipinski definition) is 5. The Kier molecular flexibility index (Phi) is 4.43. The molecular formula is C17H20N2O2S. The molecule has 0 spiro atoms. The van der Waals surface area contributed by atoms with Crippen molar-refractivity contribution >= 4 is 23.4 Å². The zero-order chi connectivity index (χ0) is 15.5. The Balaban J connectivity index is 1.85. The van der Waals surface area contributed by atoms with Crippen LogP contribution < -0.4 is 5.43 Å². The molecule has 3 rings (SSSR count). The fourth-order valence-corrected chi connectivity index (χ4v) is 2.81. The van der Waals surface area contributed by atoms with Crippen LogP contribution in [0.4, 0.5) is 0 Å². The molecule has 1 fully saturated rings. The molecule has 0 saturated heterocycles. The Morgan fingerprint density at radius 1 is 1.36 bits per heavy atom. The van der Waals surface area contributed by atoms with Crippen LogP contribution in [-0.2, 0) is 9.53 Å². The van der Waals surface area contributed by atoms with Crippen LogP contribution in [0.5, 0.6) is 0 Å². The van der Waals surface area contributed by atoms with Gasteiger partial charge in [-0.05, 0) is 48.8 Å². The Morgan fingerprint density at radius 2 is 2.09 bits per heavy atom. The van der Waals surface area contributed by atoms with E-state index in [-0.39, 0.29) is 5.97 Å². The Morgan fingerprint density at radius 3 is 2.68 bits per heavy atom. The van der Waals surface area contributed by atoms with Gasteiger partial charge < -0.3 is 4.74 Å². The normalized spacial score (nSPS) is 17.5. The van der Waals surface area contributed by atoms with Crippen molar-refractivity contribution in [3.05, 3.63) is 47.7 Å². The van der Waals surface area contributed by atoms with Crippen LogP contribution in [-0.4, -0.2) is 30.9 Å². The predicted molar refractivity (Wildman–Crippen MR) is 88.9 cm³/mol. The van der Waals surface area contributed by atoms with E-state index in [2.05, 4.69) is 35.9 Å². The summed E-state index contributed by atoms with van der Waals surface area (Å²) in [4.78, 5) is 13.1. The molecule has 1 aliphatic heterocycles. The summed E-state index contributed by atoms with van der Waals surface area (Å²) in [5.74, 6) is 0.418. The minimum absolute atomic E-state index is 0.305. The lowest BCUT2D eigenvalue weighted by atomic mass is 10.1. The number of thioether (sulfide) groups is 1. The Labute approximate surface area is 135 Å². The van der Waals surface area contributed by atoms with Crippen molar-refractivity contribution in [2.24, 2.45) is 5.92 Å². The monoisotopic (exact) mass is 316 g/mol. The molecule has 0 amide bonds. The van der Waals surface area contributed by atoms with Crippen LogP contribution in [0.25, 0.3) is 5.70 Å². The van der Waals surface area contributed by atoms with Crippen molar-refractivity contribution in [3.63, 3.8) is 0 Å². The molecule has 22 heavy (non-hydrogen) atoms. The second kappa shape index (κ2) is 6.48. The average molecular weight is 316 g/mol. The fourth-order valence-electron chi connectivity index (χ4n) is 2.40. The Hall–Kier alpha value is -1.88. The van der Waals surface area contributed by atoms with E-state index in [0.717, 1.165) is 23.7 Å². The minimum Gasteiger partial charge on any atom is -0.465 e. The highest BCUT2D eigenvalue weighted by Gasteiger charge is 2.26. The third-order valence-corrected chi connectivity index (χ3v) is 4.58. The lowest BCUT2D eigenvalue weighted by Crippen LogP contribution is -2.37. The number of carbonyl (C=O) groups is 1. The largest absolute Gasteiger partial charge is 0.465 e. The lowest BCUT2D eigenvalue weighted by molar-refractivity contribution is -0.135. The summed E-state index contributed by atoms with van der Waals surface area (Å²) < 4.78 is 4.87. The van der Waals surface area contributed by atoms with E-state index in [1.54, 1.807) is 11.8 Å². The number of benzene rings is 1. The third-order valence-electron chi connectivity index (χ3n) is 3.83. The zero-order valence-electron chi connectivity index (χ0n) is 12.8. The van der Waals surface area contributed by atoms with Crippen LogP contribution >= 0.6 is 11.8 Å². The van der Waals surface area contributed by atoms with E-state index in [0.29, 0.717) is 5.57 Å². The second-order valence-corrected chi connectivity index (χ2v) is 6.45. The van der Waals surface area contributed by atoms with Crippen molar-refractivity contribution in [3.8, 4) is 0 Å². The van der Waals surface area contributed by atoms with Gasteiger partial charge in [-0.25, -0.2) is 4.79 Å². The summed E-state index contributed by atoms with van der Waals surface area (Å²) in [6, 6.07) is 8.31. The smallest absolute Gasteiger partial charge is 0.339 e. The van der Waals surface area contributed by atoms with Gasteiger partial charge in [-0.2, -0.15) is 0 Å². The van der Waals surface area contributed by atoms with Crippen molar-refractivity contribution in [1.29, 1.82) is 0 Å². The number of nitrogens with one attached hydrogen (secondary N) is 1. The fraction of sp³-hybridized carbons (Fsp3) is 0.353. The van der Waals surface area contributed by atoms with Gasteiger partial charge in [0.25, 0.3) is 0 Å². The van der Waals surface area contributed by atoms with Crippen molar-refractivity contribution in [2.45, 2.75) is 17.7 Å². The minimum atomic E-state index is -0.305. The van der Waals surface area contributed by atoms with Gasteiger partial charge in [-0.3, -0.25) is 10.4 Å². The van der Waals surface area contributed by atoms with E-state index in [4.69, 9.17) is 4.74 Å². The van der Waals surface area contributed by atoms with Crippen molar-refractivity contribution in [2.75, 3.05) is 19.9 Å². The van der Waals surface area contributed by atoms with Crippen molar-refractivity contribution in [1.82, 2.24) is 10.4 Å². The molecule has 4 nitrogen and oxygen atoms in total. The van der Waals surface area contributed by atoms with Crippen LogP contribution in [0.3, 0.4) is 0 Å². The first-order valence-electron chi connectivity index (χ1n) is 7.39. The molecule has 0 radical (unpaired) electrons. The van der Waals surface area contributed by atoms with Gasteiger partial charge in [0, 0.05) is 17.6 Å². The lowest BCUT2D eigenvalue weighted by Gasteiger charge is -2.28. The number of carbonyl (C=O) groups excluding carboxylic acids is 1. The molecule has 0 bridgehead atoms. The first-order chi connectivity index (χ1) is 10.7. The van der Waals surface area contributed by atoms with E-state index < -0.39 is 0 Å². The third kappa shape index (κ3) is 3.47. The second-order valence-electron chi connectivity index (χ2n) is 5.57. The molecule has 0 unspecified atom stereocenters. The number of ether oxygens (including phenoxy) is 1. The first kappa shape index (κ1) is 15.0. The molecule has 1 N–H and O–H groups in total. The maximum absolute atomic E-state index is 11.9. The van der Waals surface area contributed by atoms with E-state index in [1.165, 1.54) is 24.8 Å². The molecular weight excluding hydrogens is 296 g/mol. The first-order valence-corrected chi connectivity index (χ1v) is 8.61. The molecule has 0 aromatic heterocycles. The number of hydrazine groups is 1. The molecule has 1 aromatic rings. The standard InChI is InChI=1S/C17H20N2O2S/c1-21-17(20)14-9-16(13-5-7-15(22-2)8-6-13)18-19(11-14)10-12-3-4-12/h5-9,11-12,18H,3-4,10H2,1-2H3. The Bertz CT molecular complexity index is 618. The molecule has 1 aromatic carbocycles. The quantitative estimate of drug-likeness (QED) is 0.668. The number of methoxy groups -OCH3 is 1. The molecule has 0 atom stereocenters. The highest BCUT2D eigenvalue weighted by molar-refractivity contribution is 7.98. The van der Waals surface area contributed by atoms with Gasteiger partial charge in [0.15, 0.2) is 0 Å². The van der Waals surface area contributed by atoms with Gasteiger partial charge in [0.1, 0.15) is 0 Å². The molecule has 1 aliphatic carbocycles. The molecule has 5 heteroatoms. The molecule has 2 aliphatic rings. The van der Waals surface area contributed by atoms with Gasteiger partial charge in [0.2, 0.25) is 0 Å². The van der Waals surface area contributed by atoms with Gasteiger partial charge in [-0.15, -0.1) is 11.8 Å². The van der Waals surface area contributed by atoms with Crippen LogP contribution in [0.15, 0.2) is 47.0 Å². The van der Waals surface area contributed by atoms with E-state index in [9.17, 15) is 4.79 Å². The maximum Gasteiger partial charge on any atom is 0.339 e. The number of nitrogens with zero attached hydrogens (tertiary/aromatic N) is 1. The zero-order valence-corrected chi connectivity index (χ0v) is 13.7. The number of hydrogen-bond donors (Lipinski definition) is 1. The topological polar surface area (TPSA) is 41.6 Å². The van der Waals surface area contributed by atoms with E-state index in [1.807, 2.05) is 17.3 Å². The summed E-state index contributed by atoms with van der Waals surface area (Å²) in [5.41, 5.74) is 5.96.